The first-order valence-electron chi connectivity index (χ1n) is 11.8. The molecule has 2 atom stereocenters. The smallest absolute Gasteiger partial charge is 0.323 e. The van der Waals surface area contributed by atoms with Crippen LogP contribution in [0.3, 0.4) is 0 Å². The molecule has 1 aromatic carbocycles. The van der Waals surface area contributed by atoms with E-state index in [4.69, 9.17) is 10.5 Å². The van der Waals surface area contributed by atoms with Crippen LogP contribution >= 0.6 is 7.44 Å². The summed E-state index contributed by atoms with van der Waals surface area (Å²) in [7, 11) is -1.76. The third-order valence-corrected chi connectivity index (χ3v) is 8.67. The molecule has 1 unspecified atom stereocenters. The maximum atomic E-state index is 14.1. The highest BCUT2D eigenvalue weighted by Crippen LogP contribution is 2.47. The van der Waals surface area contributed by atoms with Crippen molar-refractivity contribution in [1.82, 2.24) is 29.3 Å². The van der Waals surface area contributed by atoms with Crippen LogP contribution in [-0.2, 0) is 27.2 Å². The Hall–Kier alpha value is -2.85. The number of nitrogens with two attached hydrogens (primary N) is 1. The highest BCUT2D eigenvalue weighted by Gasteiger charge is 2.39. The lowest BCUT2D eigenvalue weighted by molar-refractivity contribution is -0.142. The van der Waals surface area contributed by atoms with Crippen LogP contribution in [0.4, 0.5) is 5.82 Å². The van der Waals surface area contributed by atoms with E-state index < -0.39 is 19.0 Å². The normalized spacial score (nSPS) is 14.9. The van der Waals surface area contributed by atoms with Crippen molar-refractivity contribution in [3.63, 3.8) is 0 Å². The van der Waals surface area contributed by atoms with Crippen molar-refractivity contribution in [2.45, 2.75) is 65.3 Å². The van der Waals surface area contributed by atoms with Gasteiger partial charge in [-0.2, -0.15) is 0 Å². The minimum absolute atomic E-state index is 0.185. The van der Waals surface area contributed by atoms with Crippen molar-refractivity contribution in [2.75, 3.05) is 19.1 Å². The van der Waals surface area contributed by atoms with Crippen molar-refractivity contribution >= 4 is 30.4 Å². The zero-order chi connectivity index (χ0) is 26.7. The molecule has 0 aliphatic carbocycles. The quantitative estimate of drug-likeness (QED) is 0.304. The first-order chi connectivity index (χ1) is 16.8. The predicted octanol–water partition coefficient (Wildman–Crippen LogP) is 3.67. The van der Waals surface area contributed by atoms with Crippen LogP contribution in [0, 0.1) is 0 Å². The molecule has 0 saturated carbocycles. The van der Waals surface area contributed by atoms with Crippen molar-refractivity contribution in [3.8, 4) is 0 Å². The first kappa shape index (κ1) is 27.7. The number of anilines is 1. The number of carboxylic acid groups (broad SMARTS) is 1. The highest BCUT2D eigenvalue weighted by atomic mass is 31.2. The van der Waals surface area contributed by atoms with Gasteiger partial charge in [0.15, 0.2) is 11.5 Å². The lowest BCUT2D eigenvalue weighted by Crippen LogP contribution is -2.47. The van der Waals surface area contributed by atoms with Gasteiger partial charge in [-0.25, -0.2) is 24.7 Å². The number of carboxylic acids is 1. The lowest BCUT2D eigenvalue weighted by Gasteiger charge is -2.35. The molecule has 0 saturated heterocycles. The molecule has 0 spiro atoms. The number of rotatable bonds is 12. The number of aliphatic carboxylic acids is 1. The van der Waals surface area contributed by atoms with Gasteiger partial charge in [0, 0.05) is 6.54 Å². The number of ether oxygens (including phenoxy) is 1. The molecule has 3 rings (SSSR count). The molecule has 0 radical (unpaired) electrons. The second-order valence-electron chi connectivity index (χ2n) is 9.89. The summed E-state index contributed by atoms with van der Waals surface area (Å²) in [6.45, 7) is 9.80. The third-order valence-electron chi connectivity index (χ3n) is 6.02. The van der Waals surface area contributed by atoms with Gasteiger partial charge in [0.2, 0.25) is 7.44 Å². The summed E-state index contributed by atoms with van der Waals surface area (Å²) >= 11 is 0. The first-order valence-corrected chi connectivity index (χ1v) is 13.6. The van der Waals surface area contributed by atoms with Gasteiger partial charge in [0.05, 0.1) is 19.0 Å². The molecule has 12 heteroatoms. The summed E-state index contributed by atoms with van der Waals surface area (Å²) < 4.78 is 23.6. The fourth-order valence-corrected chi connectivity index (χ4v) is 5.93. The molecule has 3 aromatic rings. The topological polar surface area (TPSA) is 148 Å². The zero-order valence-corrected chi connectivity index (χ0v) is 22.6. The van der Waals surface area contributed by atoms with E-state index in [0.717, 1.165) is 5.56 Å². The molecule has 0 amide bonds. The van der Waals surface area contributed by atoms with Crippen LogP contribution in [0.25, 0.3) is 11.2 Å². The molecule has 11 nitrogen and oxygen atoms in total. The SMILES string of the molecule is CC(C)c1ccc(CN(C)P(=O)(CO[C@H](C)Cn2cnc3c(N)ncnc32)NC(C)(C)C(=O)O)cc1. The molecule has 0 bridgehead atoms. The van der Waals surface area contributed by atoms with Gasteiger partial charge >= 0.3 is 5.97 Å². The Morgan fingerprint density at radius 2 is 1.89 bits per heavy atom. The molecular formula is C24H36N7O4P. The van der Waals surface area contributed by atoms with Gasteiger partial charge in [-0.1, -0.05) is 38.1 Å². The monoisotopic (exact) mass is 517 g/mol. The van der Waals surface area contributed by atoms with E-state index in [2.05, 4.69) is 46.0 Å². The number of fused-ring (bicyclic) bond motifs is 1. The van der Waals surface area contributed by atoms with Gasteiger partial charge in [-0.15, -0.1) is 0 Å². The van der Waals surface area contributed by atoms with Crippen LogP contribution in [0.2, 0.25) is 0 Å². The van der Waals surface area contributed by atoms with E-state index in [1.807, 2.05) is 19.1 Å². The molecule has 0 aliphatic heterocycles. The molecule has 0 fully saturated rings. The molecule has 36 heavy (non-hydrogen) atoms. The lowest BCUT2D eigenvalue weighted by atomic mass is 10.0. The maximum absolute atomic E-state index is 14.1. The zero-order valence-electron chi connectivity index (χ0n) is 21.7. The number of hydrogen-bond donors (Lipinski definition) is 3. The van der Waals surface area contributed by atoms with Crippen molar-refractivity contribution in [2.24, 2.45) is 0 Å². The van der Waals surface area contributed by atoms with E-state index in [1.165, 1.54) is 25.7 Å². The van der Waals surface area contributed by atoms with Crippen molar-refractivity contribution in [3.05, 3.63) is 48.0 Å². The summed E-state index contributed by atoms with van der Waals surface area (Å²) in [6.07, 6.45) is 2.42. The van der Waals surface area contributed by atoms with Crippen LogP contribution in [0.5, 0.6) is 0 Å². The minimum Gasteiger partial charge on any atom is -0.480 e. The van der Waals surface area contributed by atoms with Gasteiger partial charge in [-0.05, 0) is 44.9 Å². The molecule has 196 valence electrons. The Bertz CT molecular complexity index is 1240. The van der Waals surface area contributed by atoms with Gasteiger partial charge in [0.1, 0.15) is 23.7 Å². The number of benzene rings is 1. The standard InChI is InChI=1S/C24H36N7O4P/c1-16(2)19-9-7-18(8-10-19)12-30(6)36(34,29-24(4,5)23(32)33)15-35-17(3)11-31-14-28-20-21(25)26-13-27-22(20)31/h7-10,13-14,16-17H,11-12,15H2,1-6H3,(H,29,34)(H,32,33)(H2,25,26,27)/t17-,36?/m1/s1. The van der Waals surface area contributed by atoms with Gasteiger partial charge in [0.25, 0.3) is 0 Å². The predicted molar refractivity (Wildman–Crippen MR) is 140 cm³/mol. The number of nitrogen functional groups attached to an aromatic ring is 1. The Labute approximate surface area is 211 Å². The van der Waals surface area contributed by atoms with Crippen LogP contribution in [-0.4, -0.2) is 60.3 Å². The van der Waals surface area contributed by atoms with E-state index in [1.54, 1.807) is 22.6 Å². The third kappa shape index (κ3) is 6.47. The van der Waals surface area contributed by atoms with Crippen LogP contribution in [0.15, 0.2) is 36.9 Å². The Kier molecular flexibility index (Phi) is 8.51. The maximum Gasteiger partial charge on any atom is 0.323 e. The fourth-order valence-electron chi connectivity index (χ4n) is 3.68. The van der Waals surface area contributed by atoms with Gasteiger partial charge in [-0.3, -0.25) is 9.36 Å². The fraction of sp³-hybridized carbons (Fsp3) is 0.500. The molecule has 2 heterocycles. The summed E-state index contributed by atoms with van der Waals surface area (Å²) in [5, 5.41) is 12.5. The minimum atomic E-state index is -3.47. The molecular weight excluding hydrogens is 481 g/mol. The van der Waals surface area contributed by atoms with E-state index >= 15 is 0 Å². The Morgan fingerprint density at radius 1 is 1.22 bits per heavy atom. The summed E-state index contributed by atoms with van der Waals surface area (Å²) in [5.41, 5.74) is 7.70. The highest BCUT2D eigenvalue weighted by molar-refractivity contribution is 7.59. The Balaban J connectivity index is 1.75. The number of nitrogens with zero attached hydrogens (tertiary/aromatic N) is 5. The van der Waals surface area contributed by atoms with E-state index in [9.17, 15) is 14.5 Å². The van der Waals surface area contributed by atoms with Crippen LogP contribution in [0.1, 0.15) is 51.7 Å². The molecule has 0 aliphatic rings. The van der Waals surface area contributed by atoms with Crippen LogP contribution < -0.4 is 10.8 Å². The molecule has 2 aromatic heterocycles. The number of nitrogens with one attached hydrogen (secondary N) is 1. The Morgan fingerprint density at radius 3 is 2.50 bits per heavy atom. The largest absolute Gasteiger partial charge is 0.480 e. The summed E-state index contributed by atoms with van der Waals surface area (Å²) in [4.78, 5) is 24.2. The number of aromatic nitrogens is 4. The van der Waals surface area contributed by atoms with Crippen molar-refractivity contribution < 1.29 is 19.2 Å². The number of hydrogen-bond acceptors (Lipinski definition) is 7. The summed E-state index contributed by atoms with van der Waals surface area (Å²) in [5.74, 6) is -0.404. The average Bonchev–Trinajstić information content (AvgIpc) is 3.21. The second-order valence-corrected chi connectivity index (χ2v) is 12.5. The second kappa shape index (κ2) is 11.0. The average molecular weight is 518 g/mol. The van der Waals surface area contributed by atoms with Crippen molar-refractivity contribution in [1.29, 1.82) is 0 Å². The van der Waals surface area contributed by atoms with E-state index in [-0.39, 0.29) is 12.5 Å². The molecule has 4 N–H and O–H groups in total. The number of imidazole rings is 1. The van der Waals surface area contributed by atoms with E-state index in [0.29, 0.717) is 36.0 Å². The summed E-state index contributed by atoms with van der Waals surface area (Å²) in [6, 6.07) is 8.11. The van der Waals surface area contributed by atoms with Gasteiger partial charge < -0.3 is 20.1 Å². The number of carbonyl (C=O) groups is 1.